The number of anilines is 1. The summed E-state index contributed by atoms with van der Waals surface area (Å²) in [4.78, 5) is 6.96. The fraction of sp³-hybridized carbons (Fsp3) is 0.316. The molecule has 1 aliphatic rings. The maximum Gasteiger partial charge on any atom is 0.186 e. The molecule has 3 nitrogen and oxygen atoms in total. The standard InChI is InChI=1S/C19H18Cl2N2OS/c20-14-5-4-13(11-15(14)21)10-12-6-8-23(9-7-12)19-22-18-16(24)2-1-3-17(18)25-19/h1-5,11-12,24H,6-10H2. The van der Waals surface area contributed by atoms with Crippen LogP contribution in [-0.2, 0) is 6.42 Å². The summed E-state index contributed by atoms with van der Waals surface area (Å²) in [7, 11) is 0. The average molecular weight is 393 g/mol. The Hall–Kier alpha value is -1.49. The van der Waals surface area contributed by atoms with Crippen molar-refractivity contribution in [2.45, 2.75) is 19.3 Å². The number of hydrogen-bond donors (Lipinski definition) is 1. The summed E-state index contributed by atoms with van der Waals surface area (Å²) in [5, 5.41) is 12.2. The van der Waals surface area contributed by atoms with Gasteiger partial charge in [0.05, 0.1) is 14.7 Å². The molecule has 0 unspecified atom stereocenters. The van der Waals surface area contributed by atoms with Crippen LogP contribution in [0.2, 0.25) is 10.0 Å². The molecule has 3 aromatic rings. The lowest BCUT2D eigenvalue weighted by Crippen LogP contribution is -2.34. The number of aromatic nitrogens is 1. The molecular formula is C19H18Cl2N2OS. The van der Waals surface area contributed by atoms with Crippen LogP contribution in [0, 0.1) is 5.92 Å². The van der Waals surface area contributed by atoms with Crippen molar-refractivity contribution in [3.8, 4) is 5.75 Å². The topological polar surface area (TPSA) is 36.4 Å². The Kier molecular flexibility index (Phi) is 4.76. The van der Waals surface area contributed by atoms with Crippen molar-refractivity contribution in [2.75, 3.05) is 18.0 Å². The number of phenols is 1. The van der Waals surface area contributed by atoms with E-state index < -0.39 is 0 Å². The van der Waals surface area contributed by atoms with Gasteiger partial charge in [-0.2, -0.15) is 0 Å². The van der Waals surface area contributed by atoms with Gasteiger partial charge >= 0.3 is 0 Å². The Morgan fingerprint density at radius 1 is 1.12 bits per heavy atom. The van der Waals surface area contributed by atoms with E-state index in [-0.39, 0.29) is 5.75 Å². The third-order valence-electron chi connectivity index (χ3n) is 4.78. The van der Waals surface area contributed by atoms with Gasteiger partial charge in [0.15, 0.2) is 5.13 Å². The molecule has 0 bridgehead atoms. The zero-order valence-electron chi connectivity index (χ0n) is 13.6. The molecule has 1 N–H and O–H groups in total. The van der Waals surface area contributed by atoms with Gasteiger partial charge in [-0.15, -0.1) is 0 Å². The predicted octanol–water partition coefficient (Wildman–Crippen LogP) is 5.77. The monoisotopic (exact) mass is 392 g/mol. The molecule has 0 radical (unpaired) electrons. The highest BCUT2D eigenvalue weighted by molar-refractivity contribution is 7.22. The van der Waals surface area contributed by atoms with Crippen LogP contribution in [0.3, 0.4) is 0 Å². The van der Waals surface area contributed by atoms with Crippen molar-refractivity contribution in [2.24, 2.45) is 5.92 Å². The summed E-state index contributed by atoms with van der Waals surface area (Å²) in [6.45, 7) is 1.99. The van der Waals surface area contributed by atoms with Gasteiger partial charge < -0.3 is 10.0 Å². The number of para-hydroxylation sites is 1. The van der Waals surface area contributed by atoms with Gasteiger partial charge in [-0.3, -0.25) is 0 Å². The van der Waals surface area contributed by atoms with E-state index in [0.717, 1.165) is 42.2 Å². The van der Waals surface area contributed by atoms with E-state index in [2.05, 4.69) is 16.0 Å². The zero-order chi connectivity index (χ0) is 17.4. The quantitative estimate of drug-likeness (QED) is 0.614. The Balaban J connectivity index is 1.42. The van der Waals surface area contributed by atoms with E-state index in [4.69, 9.17) is 23.2 Å². The van der Waals surface area contributed by atoms with Gasteiger partial charge in [0.2, 0.25) is 0 Å². The minimum atomic E-state index is 0.259. The molecule has 2 heterocycles. The van der Waals surface area contributed by atoms with Crippen molar-refractivity contribution >= 4 is 49.9 Å². The molecule has 0 saturated carbocycles. The van der Waals surface area contributed by atoms with Crippen molar-refractivity contribution in [3.63, 3.8) is 0 Å². The molecule has 1 fully saturated rings. The lowest BCUT2D eigenvalue weighted by Gasteiger charge is -2.31. The van der Waals surface area contributed by atoms with Crippen LogP contribution in [0.15, 0.2) is 36.4 Å². The van der Waals surface area contributed by atoms with E-state index in [1.54, 1.807) is 17.4 Å². The molecule has 1 aliphatic heterocycles. The number of halogens is 2. The summed E-state index contributed by atoms with van der Waals surface area (Å²) in [6, 6.07) is 11.5. The molecule has 1 aromatic heterocycles. The molecule has 4 rings (SSSR count). The molecule has 2 aromatic carbocycles. The molecule has 1 saturated heterocycles. The van der Waals surface area contributed by atoms with Gasteiger partial charge in [0.1, 0.15) is 11.3 Å². The Morgan fingerprint density at radius 2 is 1.92 bits per heavy atom. The lowest BCUT2D eigenvalue weighted by molar-refractivity contribution is 0.403. The SMILES string of the molecule is Oc1cccc2sc(N3CCC(Cc4ccc(Cl)c(Cl)c4)CC3)nc12. The minimum Gasteiger partial charge on any atom is -0.506 e. The number of piperidine rings is 1. The molecule has 130 valence electrons. The predicted molar refractivity (Wildman–Crippen MR) is 106 cm³/mol. The fourth-order valence-electron chi connectivity index (χ4n) is 3.39. The van der Waals surface area contributed by atoms with E-state index in [9.17, 15) is 5.11 Å². The second kappa shape index (κ2) is 7.02. The van der Waals surface area contributed by atoms with E-state index in [1.807, 2.05) is 24.3 Å². The summed E-state index contributed by atoms with van der Waals surface area (Å²) in [6.07, 6.45) is 3.29. The fourth-order valence-corrected chi connectivity index (χ4v) is 4.75. The molecule has 25 heavy (non-hydrogen) atoms. The van der Waals surface area contributed by atoms with Gasteiger partial charge in [-0.1, -0.05) is 46.7 Å². The smallest absolute Gasteiger partial charge is 0.186 e. The second-order valence-corrected chi connectivity index (χ2v) is 8.33. The van der Waals surface area contributed by atoms with Crippen LogP contribution in [0.5, 0.6) is 5.75 Å². The number of hydrogen-bond acceptors (Lipinski definition) is 4. The van der Waals surface area contributed by atoms with Gasteiger partial charge in [-0.25, -0.2) is 4.98 Å². The molecular weight excluding hydrogens is 375 g/mol. The van der Waals surface area contributed by atoms with Crippen LogP contribution in [-0.4, -0.2) is 23.2 Å². The highest BCUT2D eigenvalue weighted by Crippen LogP contribution is 2.35. The summed E-state index contributed by atoms with van der Waals surface area (Å²) in [5.74, 6) is 0.908. The first-order chi connectivity index (χ1) is 12.1. The lowest BCUT2D eigenvalue weighted by atomic mass is 9.90. The first kappa shape index (κ1) is 17.0. The van der Waals surface area contributed by atoms with Crippen molar-refractivity contribution in [1.29, 1.82) is 0 Å². The first-order valence-corrected chi connectivity index (χ1v) is 9.95. The normalized spacial score (nSPS) is 15.8. The third kappa shape index (κ3) is 3.57. The minimum absolute atomic E-state index is 0.259. The largest absolute Gasteiger partial charge is 0.506 e. The van der Waals surface area contributed by atoms with Crippen molar-refractivity contribution < 1.29 is 5.11 Å². The number of thiazole rings is 1. The second-order valence-electron chi connectivity index (χ2n) is 6.50. The van der Waals surface area contributed by atoms with Gasteiger partial charge in [0.25, 0.3) is 0 Å². The molecule has 6 heteroatoms. The molecule has 0 aliphatic carbocycles. The molecule has 0 amide bonds. The van der Waals surface area contributed by atoms with Crippen LogP contribution in [0.25, 0.3) is 10.2 Å². The Bertz CT molecular complexity index is 904. The Labute approximate surface area is 160 Å². The maximum atomic E-state index is 9.94. The number of fused-ring (bicyclic) bond motifs is 1. The van der Waals surface area contributed by atoms with Crippen molar-refractivity contribution in [1.82, 2.24) is 4.98 Å². The molecule has 0 spiro atoms. The van der Waals surface area contributed by atoms with Gasteiger partial charge in [0, 0.05) is 13.1 Å². The molecule has 0 atom stereocenters. The highest BCUT2D eigenvalue weighted by atomic mass is 35.5. The summed E-state index contributed by atoms with van der Waals surface area (Å²) in [5.41, 5.74) is 1.96. The average Bonchev–Trinajstić information content (AvgIpc) is 3.05. The summed E-state index contributed by atoms with van der Waals surface area (Å²) < 4.78 is 1.04. The number of benzene rings is 2. The maximum absolute atomic E-state index is 9.94. The first-order valence-electron chi connectivity index (χ1n) is 8.37. The number of phenolic OH excluding ortho intramolecular Hbond substituents is 1. The number of nitrogens with zero attached hydrogens (tertiary/aromatic N) is 2. The van der Waals surface area contributed by atoms with Crippen LogP contribution < -0.4 is 4.90 Å². The highest BCUT2D eigenvalue weighted by Gasteiger charge is 2.22. The zero-order valence-corrected chi connectivity index (χ0v) is 15.9. The number of aromatic hydroxyl groups is 1. The van der Waals surface area contributed by atoms with Crippen molar-refractivity contribution in [3.05, 3.63) is 52.0 Å². The number of rotatable bonds is 3. The van der Waals surface area contributed by atoms with Gasteiger partial charge in [-0.05, 0) is 55.0 Å². The van der Waals surface area contributed by atoms with E-state index in [0.29, 0.717) is 21.5 Å². The Morgan fingerprint density at radius 3 is 2.64 bits per heavy atom. The summed E-state index contributed by atoms with van der Waals surface area (Å²) >= 11 is 13.8. The van der Waals surface area contributed by atoms with E-state index >= 15 is 0 Å². The van der Waals surface area contributed by atoms with E-state index in [1.165, 1.54) is 5.56 Å². The van der Waals surface area contributed by atoms with Crippen LogP contribution in [0.1, 0.15) is 18.4 Å². The third-order valence-corrected chi connectivity index (χ3v) is 6.60. The van der Waals surface area contributed by atoms with Crippen LogP contribution in [0.4, 0.5) is 5.13 Å². The van der Waals surface area contributed by atoms with Crippen LogP contribution >= 0.6 is 34.5 Å².